The third-order valence-electron chi connectivity index (χ3n) is 5.63. The Balaban J connectivity index is 1.71. The van der Waals surface area contributed by atoms with Gasteiger partial charge in [0, 0.05) is 6.42 Å². The van der Waals surface area contributed by atoms with Gasteiger partial charge >= 0.3 is 6.09 Å². The Labute approximate surface area is 180 Å². The minimum absolute atomic E-state index is 0.192. The van der Waals surface area contributed by atoms with E-state index in [2.05, 4.69) is 16.7 Å². The smallest absolute Gasteiger partial charge is 0.405 e. The molecule has 31 heavy (non-hydrogen) atoms. The second-order valence-electron chi connectivity index (χ2n) is 7.74. The van der Waals surface area contributed by atoms with Crippen molar-refractivity contribution in [3.05, 3.63) is 59.7 Å². The predicted molar refractivity (Wildman–Crippen MR) is 114 cm³/mol. The quantitative estimate of drug-likeness (QED) is 0.543. The zero-order valence-electron chi connectivity index (χ0n) is 16.9. The van der Waals surface area contributed by atoms with Crippen LogP contribution in [0, 0.1) is 11.3 Å². The lowest BCUT2D eigenvalue weighted by molar-refractivity contribution is -0.131. The van der Waals surface area contributed by atoms with E-state index < -0.39 is 29.5 Å². The van der Waals surface area contributed by atoms with Gasteiger partial charge in [-0.3, -0.25) is 9.59 Å². The van der Waals surface area contributed by atoms with Gasteiger partial charge in [-0.15, -0.1) is 0 Å². The summed E-state index contributed by atoms with van der Waals surface area (Å²) in [5.74, 6) is -1.21. The van der Waals surface area contributed by atoms with Crippen molar-refractivity contribution >= 4 is 17.9 Å². The Morgan fingerprint density at radius 2 is 1.58 bits per heavy atom. The molecule has 0 aromatic heterocycles. The van der Waals surface area contributed by atoms with Gasteiger partial charge < -0.3 is 21.5 Å². The third kappa shape index (κ3) is 5.20. The second kappa shape index (κ2) is 9.30. The maximum absolute atomic E-state index is 12.8. The van der Waals surface area contributed by atoms with Crippen molar-refractivity contribution in [1.29, 1.82) is 5.26 Å². The van der Waals surface area contributed by atoms with E-state index in [-0.39, 0.29) is 6.42 Å². The van der Waals surface area contributed by atoms with Gasteiger partial charge in [-0.2, -0.15) is 5.26 Å². The first-order chi connectivity index (χ1) is 14.8. The van der Waals surface area contributed by atoms with Crippen LogP contribution < -0.4 is 16.4 Å². The van der Waals surface area contributed by atoms with Gasteiger partial charge in [0.1, 0.15) is 11.6 Å². The van der Waals surface area contributed by atoms with Crippen LogP contribution in [0.1, 0.15) is 36.8 Å². The summed E-state index contributed by atoms with van der Waals surface area (Å²) in [5, 5.41) is 23.0. The lowest BCUT2D eigenvalue weighted by Crippen LogP contribution is -2.60. The van der Waals surface area contributed by atoms with E-state index in [9.17, 15) is 14.4 Å². The summed E-state index contributed by atoms with van der Waals surface area (Å²) in [6.45, 7) is 0. The van der Waals surface area contributed by atoms with E-state index in [0.29, 0.717) is 18.4 Å². The Kier molecular flexibility index (Phi) is 6.55. The molecule has 1 unspecified atom stereocenters. The van der Waals surface area contributed by atoms with Crippen LogP contribution in [0.15, 0.2) is 48.5 Å². The second-order valence-corrected chi connectivity index (χ2v) is 7.74. The number of rotatable bonds is 7. The van der Waals surface area contributed by atoms with Gasteiger partial charge in [0.15, 0.2) is 0 Å². The molecule has 160 valence electrons. The molecule has 1 aliphatic carbocycles. The summed E-state index contributed by atoms with van der Waals surface area (Å²) in [4.78, 5) is 36.0. The summed E-state index contributed by atoms with van der Waals surface area (Å²) in [6.07, 6.45) is 1.15. The van der Waals surface area contributed by atoms with Crippen LogP contribution in [0.3, 0.4) is 0 Å². The summed E-state index contributed by atoms with van der Waals surface area (Å²) >= 11 is 0. The van der Waals surface area contributed by atoms with Gasteiger partial charge in [-0.25, -0.2) is 4.79 Å². The van der Waals surface area contributed by atoms with E-state index in [1.54, 1.807) is 12.1 Å². The number of nitrogens with zero attached hydrogens (tertiary/aromatic N) is 1. The lowest BCUT2D eigenvalue weighted by atomic mass is 9.95. The van der Waals surface area contributed by atoms with Crippen molar-refractivity contribution in [2.24, 2.45) is 5.73 Å². The van der Waals surface area contributed by atoms with Crippen LogP contribution in [-0.2, 0) is 16.0 Å². The molecule has 5 N–H and O–H groups in total. The van der Waals surface area contributed by atoms with E-state index >= 15 is 0 Å². The fraction of sp³-hybridized carbons (Fsp3) is 0.304. The van der Waals surface area contributed by atoms with E-state index in [1.165, 1.54) is 0 Å². The van der Waals surface area contributed by atoms with E-state index in [0.717, 1.165) is 29.5 Å². The Hall–Kier alpha value is -3.86. The predicted octanol–water partition coefficient (Wildman–Crippen LogP) is 2.32. The first-order valence-electron chi connectivity index (χ1n) is 10.0. The minimum Gasteiger partial charge on any atom is -0.465 e. The molecule has 0 radical (unpaired) electrons. The molecule has 1 fully saturated rings. The molecule has 2 aromatic carbocycles. The topological polar surface area (TPSA) is 145 Å². The molecule has 1 aliphatic rings. The highest BCUT2D eigenvalue weighted by atomic mass is 16.4. The van der Waals surface area contributed by atoms with Crippen molar-refractivity contribution in [2.75, 3.05) is 0 Å². The lowest BCUT2D eigenvalue weighted by Gasteiger charge is -2.29. The minimum atomic E-state index is -1.27. The number of benzene rings is 2. The number of hydrogen-bond acceptors (Lipinski definition) is 4. The van der Waals surface area contributed by atoms with Crippen molar-refractivity contribution < 1.29 is 19.5 Å². The average Bonchev–Trinajstić information content (AvgIpc) is 3.23. The largest absolute Gasteiger partial charge is 0.465 e. The van der Waals surface area contributed by atoms with Crippen LogP contribution in [0.2, 0.25) is 0 Å². The molecule has 0 bridgehead atoms. The van der Waals surface area contributed by atoms with Gasteiger partial charge in [-0.1, -0.05) is 49.2 Å². The van der Waals surface area contributed by atoms with Crippen molar-refractivity contribution in [2.45, 2.75) is 43.7 Å². The third-order valence-corrected chi connectivity index (χ3v) is 5.63. The van der Waals surface area contributed by atoms with E-state index in [1.807, 2.05) is 36.4 Å². The molecule has 0 spiro atoms. The summed E-state index contributed by atoms with van der Waals surface area (Å²) in [7, 11) is 0. The highest BCUT2D eigenvalue weighted by Crippen LogP contribution is 2.30. The molecular formula is C23H24N4O4. The zero-order chi connectivity index (χ0) is 22.4. The number of carbonyl (C=O) groups excluding carboxylic acids is 2. The first kappa shape index (κ1) is 21.8. The fourth-order valence-corrected chi connectivity index (χ4v) is 3.92. The number of carboxylic acid groups (broad SMARTS) is 1. The summed E-state index contributed by atoms with van der Waals surface area (Å²) in [6, 6.07) is 15.8. The number of nitrogens with one attached hydrogen (secondary N) is 2. The van der Waals surface area contributed by atoms with Gasteiger partial charge in [0.25, 0.3) is 0 Å². The average molecular weight is 420 g/mol. The van der Waals surface area contributed by atoms with Crippen LogP contribution in [0.5, 0.6) is 0 Å². The molecule has 0 aliphatic heterocycles. The number of nitriles is 1. The number of hydrogen-bond donors (Lipinski definition) is 4. The number of primary amides is 1. The van der Waals surface area contributed by atoms with Crippen LogP contribution in [0.25, 0.3) is 11.1 Å². The zero-order valence-corrected chi connectivity index (χ0v) is 16.9. The highest BCUT2D eigenvalue weighted by Gasteiger charge is 2.43. The first-order valence-corrected chi connectivity index (χ1v) is 10.0. The molecule has 8 heteroatoms. The Morgan fingerprint density at radius 3 is 2.06 bits per heavy atom. The van der Waals surface area contributed by atoms with Gasteiger partial charge in [0.2, 0.25) is 11.8 Å². The molecule has 8 nitrogen and oxygen atoms in total. The van der Waals surface area contributed by atoms with E-state index in [4.69, 9.17) is 16.1 Å². The van der Waals surface area contributed by atoms with Crippen molar-refractivity contribution in [3.8, 4) is 17.2 Å². The molecule has 1 saturated carbocycles. The normalized spacial score (nSPS) is 15.5. The number of carbonyl (C=O) groups is 3. The van der Waals surface area contributed by atoms with Crippen LogP contribution in [0.4, 0.5) is 4.79 Å². The maximum Gasteiger partial charge on any atom is 0.405 e. The molecule has 0 heterocycles. The SMILES string of the molecule is N#Cc1ccc(-c2ccc(CC(NC(=O)C3(NC(=O)O)CCCC3)C(N)=O)cc2)cc1. The molecule has 2 aromatic rings. The van der Waals surface area contributed by atoms with Gasteiger partial charge in [-0.05, 0) is 41.7 Å². The standard InChI is InChI=1S/C23H24N4O4/c24-14-16-5-9-18(10-6-16)17-7-3-15(4-8-17)13-19(20(25)28)26-21(29)23(27-22(30)31)11-1-2-12-23/h3-10,19,27H,1-2,11-13H2,(H2,25,28)(H,26,29)(H,30,31). The number of nitrogens with two attached hydrogens (primary N) is 1. The molecule has 3 amide bonds. The van der Waals surface area contributed by atoms with Crippen molar-refractivity contribution in [1.82, 2.24) is 10.6 Å². The fourth-order valence-electron chi connectivity index (χ4n) is 3.92. The summed E-state index contributed by atoms with van der Waals surface area (Å²) in [5.41, 5.74) is 7.56. The monoisotopic (exact) mass is 420 g/mol. The van der Waals surface area contributed by atoms with Crippen LogP contribution >= 0.6 is 0 Å². The Bertz CT molecular complexity index is 1000. The maximum atomic E-state index is 12.8. The highest BCUT2D eigenvalue weighted by molar-refractivity contribution is 5.93. The number of amides is 3. The molecular weight excluding hydrogens is 396 g/mol. The Morgan fingerprint density at radius 1 is 1.03 bits per heavy atom. The molecule has 0 saturated heterocycles. The summed E-state index contributed by atoms with van der Waals surface area (Å²) < 4.78 is 0. The van der Waals surface area contributed by atoms with Crippen molar-refractivity contribution in [3.63, 3.8) is 0 Å². The molecule has 1 atom stereocenters. The van der Waals surface area contributed by atoms with Gasteiger partial charge in [0.05, 0.1) is 11.6 Å². The van der Waals surface area contributed by atoms with Crippen LogP contribution in [-0.4, -0.2) is 34.6 Å². The molecule has 3 rings (SSSR count).